The SMILES string of the molecule is O=C(NCc1c(F)ccc2nccnc12)c1c2n(c(=O)n1-c1ccc(-n3cccn3)cc1)CCN(C(=O)c1ccc(Br)c(Cl)c1)C2. The van der Waals surface area contributed by atoms with Gasteiger partial charge in [0.1, 0.15) is 11.5 Å². The van der Waals surface area contributed by atoms with E-state index in [0.29, 0.717) is 37.5 Å². The lowest BCUT2D eigenvalue weighted by atomic mass is 10.1. The highest BCUT2D eigenvalue weighted by Gasteiger charge is 2.32. The third-order valence-corrected chi connectivity index (χ3v) is 9.07. The van der Waals surface area contributed by atoms with Crippen LogP contribution in [0, 0.1) is 5.82 Å². The van der Waals surface area contributed by atoms with Gasteiger partial charge in [0, 0.05) is 60.0 Å². The highest BCUT2D eigenvalue weighted by molar-refractivity contribution is 9.10. The van der Waals surface area contributed by atoms with Gasteiger partial charge >= 0.3 is 5.69 Å². The summed E-state index contributed by atoms with van der Waals surface area (Å²) in [7, 11) is 0. The van der Waals surface area contributed by atoms with Crippen molar-refractivity contribution in [1.82, 2.24) is 39.1 Å². The second-order valence-electron chi connectivity index (χ2n) is 10.5. The average Bonchev–Trinajstić information content (AvgIpc) is 3.72. The number of nitrogens with zero attached hydrogens (tertiary/aromatic N) is 7. The van der Waals surface area contributed by atoms with Crippen molar-refractivity contribution < 1.29 is 14.0 Å². The summed E-state index contributed by atoms with van der Waals surface area (Å²) in [5.41, 5.74) is 2.47. The lowest BCUT2D eigenvalue weighted by Gasteiger charge is -2.28. The van der Waals surface area contributed by atoms with Crippen molar-refractivity contribution in [1.29, 1.82) is 0 Å². The molecule has 4 heterocycles. The van der Waals surface area contributed by atoms with Gasteiger partial charge in [-0.15, -0.1) is 0 Å². The number of hydrogen-bond donors (Lipinski definition) is 1. The number of fused-ring (bicyclic) bond motifs is 2. The van der Waals surface area contributed by atoms with Crippen molar-refractivity contribution in [3.8, 4) is 11.4 Å². The first-order valence-corrected chi connectivity index (χ1v) is 15.3. The van der Waals surface area contributed by atoms with Crippen LogP contribution in [0.1, 0.15) is 32.1 Å². The average molecular weight is 702 g/mol. The predicted molar refractivity (Wildman–Crippen MR) is 172 cm³/mol. The number of benzene rings is 3. The summed E-state index contributed by atoms with van der Waals surface area (Å²) in [6, 6.07) is 16.5. The third kappa shape index (κ3) is 5.26. The summed E-state index contributed by atoms with van der Waals surface area (Å²) >= 11 is 9.59. The Kier molecular flexibility index (Phi) is 7.70. The van der Waals surface area contributed by atoms with Gasteiger partial charge in [-0.3, -0.25) is 28.7 Å². The van der Waals surface area contributed by atoms with E-state index in [1.54, 1.807) is 70.5 Å². The second-order valence-corrected chi connectivity index (χ2v) is 11.8. The molecule has 0 saturated carbocycles. The molecular formula is C32H23BrClFN8O3. The standard InChI is InChI=1S/C32H23BrClFN8O3/c33-23-7-2-19(16-24(23)34)31(45)40-14-15-41-27(18-40)29(30(44)38-17-22-25(35)8-9-26-28(22)37-12-11-36-26)43(32(41)46)21-5-3-20(4-6-21)42-13-1-10-39-42/h1-13,16H,14-15,17-18H2,(H,38,44). The van der Waals surface area contributed by atoms with E-state index in [4.69, 9.17) is 11.6 Å². The molecule has 0 unspecified atom stereocenters. The van der Waals surface area contributed by atoms with E-state index in [9.17, 15) is 18.8 Å². The molecular weight excluding hydrogens is 679 g/mol. The summed E-state index contributed by atoms with van der Waals surface area (Å²) in [4.78, 5) is 51.5. The van der Waals surface area contributed by atoms with Gasteiger partial charge in [-0.25, -0.2) is 13.9 Å². The monoisotopic (exact) mass is 700 g/mol. The molecule has 0 bridgehead atoms. The van der Waals surface area contributed by atoms with Crippen molar-refractivity contribution in [2.75, 3.05) is 6.54 Å². The second kappa shape index (κ2) is 12.0. The van der Waals surface area contributed by atoms with E-state index in [0.717, 1.165) is 5.69 Å². The van der Waals surface area contributed by atoms with Crippen LogP contribution in [0.15, 0.2) is 94.7 Å². The normalized spacial score (nSPS) is 12.7. The quantitative estimate of drug-likeness (QED) is 0.264. The summed E-state index contributed by atoms with van der Waals surface area (Å²) in [6.07, 6.45) is 6.40. The van der Waals surface area contributed by atoms with E-state index in [-0.39, 0.29) is 43.3 Å². The van der Waals surface area contributed by atoms with E-state index in [1.807, 2.05) is 0 Å². The number of hydrogen-bond acceptors (Lipinski definition) is 6. The molecule has 6 aromatic rings. The van der Waals surface area contributed by atoms with Crippen LogP contribution in [0.4, 0.5) is 4.39 Å². The van der Waals surface area contributed by atoms with Crippen LogP contribution < -0.4 is 11.0 Å². The number of halogens is 3. The fourth-order valence-corrected chi connectivity index (χ4v) is 6.01. The van der Waals surface area contributed by atoms with Crippen molar-refractivity contribution in [3.05, 3.63) is 134 Å². The number of carbonyl (C=O) groups excluding carboxylic acids is 2. The topological polar surface area (TPSA) is 120 Å². The molecule has 7 rings (SSSR count). The molecule has 0 fully saturated rings. The van der Waals surface area contributed by atoms with Crippen LogP contribution in [0.25, 0.3) is 22.4 Å². The summed E-state index contributed by atoms with van der Waals surface area (Å²) in [6.45, 7) is 0.174. The zero-order chi connectivity index (χ0) is 31.9. The molecule has 1 N–H and O–H groups in total. The van der Waals surface area contributed by atoms with Gasteiger partial charge in [0.15, 0.2) is 0 Å². The highest BCUT2D eigenvalue weighted by atomic mass is 79.9. The molecule has 0 spiro atoms. The number of imidazole rings is 1. The predicted octanol–water partition coefficient (Wildman–Crippen LogP) is 4.91. The minimum atomic E-state index is -0.622. The molecule has 0 radical (unpaired) electrons. The Labute approximate surface area is 274 Å². The van der Waals surface area contributed by atoms with E-state index in [2.05, 4.69) is 36.3 Å². The molecule has 2 amide bonds. The van der Waals surface area contributed by atoms with Crippen LogP contribution in [-0.2, 0) is 19.6 Å². The van der Waals surface area contributed by atoms with Crippen molar-refractivity contribution in [3.63, 3.8) is 0 Å². The van der Waals surface area contributed by atoms with Gasteiger partial charge in [-0.1, -0.05) is 11.6 Å². The van der Waals surface area contributed by atoms with Gasteiger partial charge in [0.2, 0.25) is 0 Å². The number of aromatic nitrogens is 6. The van der Waals surface area contributed by atoms with Gasteiger partial charge in [0.05, 0.1) is 39.7 Å². The van der Waals surface area contributed by atoms with Gasteiger partial charge < -0.3 is 10.2 Å². The van der Waals surface area contributed by atoms with Crippen molar-refractivity contribution in [2.45, 2.75) is 19.6 Å². The van der Waals surface area contributed by atoms with E-state index < -0.39 is 17.4 Å². The molecule has 14 heteroatoms. The Hall–Kier alpha value is -5.14. The number of amides is 2. The molecule has 3 aromatic heterocycles. The van der Waals surface area contributed by atoms with E-state index >= 15 is 0 Å². The first-order chi connectivity index (χ1) is 22.3. The lowest BCUT2D eigenvalue weighted by Crippen LogP contribution is -2.41. The van der Waals surface area contributed by atoms with Crippen LogP contribution in [0.2, 0.25) is 5.02 Å². The molecule has 0 atom stereocenters. The minimum absolute atomic E-state index is 0.0169. The molecule has 1 aliphatic rings. The Morgan fingerprint density at radius 3 is 2.52 bits per heavy atom. The Morgan fingerprint density at radius 2 is 1.76 bits per heavy atom. The summed E-state index contributed by atoms with van der Waals surface area (Å²) < 4.78 is 20.1. The van der Waals surface area contributed by atoms with Crippen LogP contribution >= 0.6 is 27.5 Å². The Balaban J connectivity index is 1.28. The fourth-order valence-electron chi connectivity index (χ4n) is 5.58. The smallest absolute Gasteiger partial charge is 0.333 e. The number of nitrogens with one attached hydrogen (secondary N) is 1. The van der Waals surface area contributed by atoms with Gasteiger partial charge in [-0.2, -0.15) is 5.10 Å². The first kappa shape index (κ1) is 29.6. The molecule has 1 aliphatic heterocycles. The van der Waals surface area contributed by atoms with Crippen LogP contribution in [0.3, 0.4) is 0 Å². The highest BCUT2D eigenvalue weighted by Crippen LogP contribution is 2.26. The van der Waals surface area contributed by atoms with Crippen LogP contribution in [0.5, 0.6) is 0 Å². The number of carbonyl (C=O) groups is 2. The summed E-state index contributed by atoms with van der Waals surface area (Å²) in [5.74, 6) is -1.47. The largest absolute Gasteiger partial charge is 0.346 e. The molecule has 3 aromatic carbocycles. The molecule has 230 valence electrons. The maximum Gasteiger partial charge on any atom is 0.333 e. The van der Waals surface area contributed by atoms with Gasteiger partial charge in [0.25, 0.3) is 11.8 Å². The maximum atomic E-state index is 15.0. The number of rotatable bonds is 6. The zero-order valence-electron chi connectivity index (χ0n) is 23.9. The first-order valence-electron chi connectivity index (χ1n) is 14.2. The fraction of sp³-hybridized carbons (Fsp3) is 0.125. The Bertz CT molecular complexity index is 2200. The van der Waals surface area contributed by atoms with Gasteiger partial charge in [-0.05, 0) is 76.6 Å². The van der Waals surface area contributed by atoms with E-state index in [1.165, 1.54) is 33.7 Å². The van der Waals surface area contributed by atoms with Crippen LogP contribution in [-0.4, -0.2) is 52.1 Å². The molecule has 0 aliphatic carbocycles. The lowest BCUT2D eigenvalue weighted by molar-refractivity contribution is 0.0706. The molecule has 46 heavy (non-hydrogen) atoms. The van der Waals surface area contributed by atoms with Crippen molar-refractivity contribution >= 4 is 50.4 Å². The zero-order valence-corrected chi connectivity index (χ0v) is 26.2. The Morgan fingerprint density at radius 1 is 0.978 bits per heavy atom. The van der Waals surface area contributed by atoms with Crippen molar-refractivity contribution in [2.24, 2.45) is 0 Å². The minimum Gasteiger partial charge on any atom is -0.346 e. The summed E-state index contributed by atoms with van der Waals surface area (Å²) in [5, 5.41) is 7.41. The third-order valence-electron chi connectivity index (χ3n) is 7.84. The molecule has 11 nitrogen and oxygen atoms in total. The molecule has 0 saturated heterocycles. The maximum absolute atomic E-state index is 15.0.